The Bertz CT molecular complexity index is 236. The molecule has 0 aromatic heterocycles. The van der Waals surface area contributed by atoms with Gasteiger partial charge in [0.15, 0.2) is 0 Å². The molecular formula is C12H21NO2. The second-order valence-electron chi connectivity index (χ2n) is 4.67. The quantitative estimate of drug-likeness (QED) is 0.773. The Morgan fingerprint density at radius 2 is 2.20 bits per heavy atom. The Labute approximate surface area is 91.6 Å². The molecule has 15 heavy (non-hydrogen) atoms. The molecule has 0 bridgehead atoms. The van der Waals surface area contributed by atoms with Crippen molar-refractivity contribution < 1.29 is 9.59 Å². The molecule has 0 spiro atoms. The van der Waals surface area contributed by atoms with Crippen LogP contribution in [0.3, 0.4) is 0 Å². The lowest BCUT2D eigenvalue weighted by Gasteiger charge is -2.20. The minimum absolute atomic E-state index is 0.0726. The van der Waals surface area contributed by atoms with E-state index < -0.39 is 0 Å². The maximum atomic E-state index is 11.5. The molecule has 1 atom stereocenters. The van der Waals surface area contributed by atoms with Gasteiger partial charge in [-0.25, -0.2) is 0 Å². The summed E-state index contributed by atoms with van der Waals surface area (Å²) >= 11 is 0. The molecule has 0 saturated heterocycles. The molecule has 0 radical (unpaired) electrons. The van der Waals surface area contributed by atoms with Gasteiger partial charge in [-0.05, 0) is 33.1 Å². The molecule has 1 saturated carbocycles. The lowest BCUT2D eigenvalue weighted by atomic mass is 9.85. The molecule has 0 aromatic rings. The summed E-state index contributed by atoms with van der Waals surface area (Å²) in [5.41, 5.74) is 0. The highest BCUT2D eigenvalue weighted by Crippen LogP contribution is 2.24. The first-order valence-corrected chi connectivity index (χ1v) is 5.91. The summed E-state index contributed by atoms with van der Waals surface area (Å²) in [4.78, 5) is 22.9. The molecule has 1 aliphatic carbocycles. The molecular weight excluding hydrogens is 190 g/mol. The lowest BCUT2D eigenvalue weighted by Crippen LogP contribution is -2.31. The van der Waals surface area contributed by atoms with Crippen molar-refractivity contribution in [3.05, 3.63) is 0 Å². The van der Waals surface area contributed by atoms with Crippen LogP contribution in [0.2, 0.25) is 0 Å². The van der Waals surface area contributed by atoms with Crippen molar-refractivity contribution in [1.29, 1.82) is 0 Å². The van der Waals surface area contributed by atoms with Gasteiger partial charge in [0.1, 0.15) is 5.78 Å². The van der Waals surface area contributed by atoms with Crippen LogP contribution in [-0.4, -0.2) is 17.7 Å². The van der Waals surface area contributed by atoms with E-state index in [2.05, 4.69) is 5.32 Å². The van der Waals surface area contributed by atoms with Gasteiger partial charge in [0.25, 0.3) is 0 Å². The van der Waals surface area contributed by atoms with Crippen molar-refractivity contribution >= 4 is 11.7 Å². The molecule has 3 heteroatoms. The number of carbonyl (C=O) groups excluding carboxylic acids is 2. The van der Waals surface area contributed by atoms with E-state index in [-0.39, 0.29) is 17.9 Å². The molecule has 1 N–H and O–H groups in total. The molecule has 1 rings (SSSR count). The SMILES string of the molecule is CC(C)NC(=O)CCC1CCCCC1=O. The van der Waals surface area contributed by atoms with Crippen molar-refractivity contribution in [2.75, 3.05) is 0 Å². The Hall–Kier alpha value is -0.860. The minimum Gasteiger partial charge on any atom is -0.354 e. The summed E-state index contributed by atoms with van der Waals surface area (Å²) in [6, 6.07) is 0.194. The van der Waals surface area contributed by atoms with E-state index in [4.69, 9.17) is 0 Å². The summed E-state index contributed by atoms with van der Waals surface area (Å²) in [6.45, 7) is 3.90. The van der Waals surface area contributed by atoms with E-state index in [0.29, 0.717) is 12.2 Å². The van der Waals surface area contributed by atoms with Gasteiger partial charge >= 0.3 is 0 Å². The molecule has 0 aliphatic heterocycles. The Balaban J connectivity index is 2.23. The first kappa shape index (κ1) is 12.2. The smallest absolute Gasteiger partial charge is 0.220 e. The minimum atomic E-state index is 0.0726. The van der Waals surface area contributed by atoms with Crippen molar-refractivity contribution in [3.8, 4) is 0 Å². The van der Waals surface area contributed by atoms with E-state index in [1.165, 1.54) is 0 Å². The van der Waals surface area contributed by atoms with E-state index in [0.717, 1.165) is 32.1 Å². The third-order valence-corrected chi connectivity index (χ3v) is 2.85. The number of Topliss-reactive ketones (excluding diaryl/α,β-unsaturated/α-hetero) is 1. The van der Waals surface area contributed by atoms with Crippen LogP contribution in [0.1, 0.15) is 52.4 Å². The summed E-state index contributed by atoms with van der Waals surface area (Å²) in [6.07, 6.45) is 5.10. The molecule has 86 valence electrons. The third-order valence-electron chi connectivity index (χ3n) is 2.85. The summed E-state index contributed by atoms with van der Waals surface area (Å²) in [5, 5.41) is 2.85. The largest absolute Gasteiger partial charge is 0.354 e. The molecule has 1 fully saturated rings. The van der Waals surface area contributed by atoms with Gasteiger partial charge in [-0.15, -0.1) is 0 Å². The molecule has 1 aliphatic rings. The summed E-state index contributed by atoms with van der Waals surface area (Å²) < 4.78 is 0. The Kier molecular flexibility index (Phi) is 4.79. The first-order chi connectivity index (χ1) is 7.09. The highest BCUT2D eigenvalue weighted by atomic mass is 16.1. The van der Waals surface area contributed by atoms with E-state index >= 15 is 0 Å². The van der Waals surface area contributed by atoms with Crippen molar-refractivity contribution in [3.63, 3.8) is 0 Å². The fourth-order valence-corrected chi connectivity index (χ4v) is 2.06. The average Bonchev–Trinajstić information content (AvgIpc) is 2.15. The van der Waals surface area contributed by atoms with Crippen molar-refractivity contribution in [2.24, 2.45) is 5.92 Å². The number of amides is 1. The van der Waals surface area contributed by atoms with Crippen molar-refractivity contribution in [2.45, 2.75) is 58.4 Å². The summed E-state index contributed by atoms with van der Waals surface area (Å²) in [5.74, 6) is 0.582. The van der Waals surface area contributed by atoms with Crippen LogP contribution in [0, 0.1) is 5.92 Å². The predicted octanol–water partition coefficient (Wildman–Crippen LogP) is 2.05. The molecule has 3 nitrogen and oxygen atoms in total. The zero-order valence-corrected chi connectivity index (χ0v) is 9.71. The molecule has 1 unspecified atom stereocenters. The van der Waals surface area contributed by atoms with Crippen LogP contribution < -0.4 is 5.32 Å². The van der Waals surface area contributed by atoms with E-state index in [1.807, 2.05) is 13.8 Å². The zero-order chi connectivity index (χ0) is 11.3. The van der Waals surface area contributed by atoms with Gasteiger partial charge < -0.3 is 5.32 Å². The topological polar surface area (TPSA) is 46.2 Å². The van der Waals surface area contributed by atoms with Gasteiger partial charge in [-0.2, -0.15) is 0 Å². The summed E-state index contributed by atoms with van der Waals surface area (Å²) in [7, 11) is 0. The third kappa shape index (κ3) is 4.45. The normalized spacial score (nSPS) is 21.8. The maximum Gasteiger partial charge on any atom is 0.220 e. The number of hydrogen-bond donors (Lipinski definition) is 1. The standard InChI is InChI=1S/C12H21NO2/c1-9(2)13-12(15)8-7-10-5-3-4-6-11(10)14/h9-10H,3-8H2,1-2H3,(H,13,15). The maximum absolute atomic E-state index is 11.5. The molecule has 0 heterocycles. The van der Waals surface area contributed by atoms with Gasteiger partial charge in [-0.1, -0.05) is 6.42 Å². The lowest BCUT2D eigenvalue weighted by molar-refractivity contribution is -0.125. The highest BCUT2D eigenvalue weighted by Gasteiger charge is 2.22. The fourth-order valence-electron chi connectivity index (χ4n) is 2.06. The zero-order valence-electron chi connectivity index (χ0n) is 9.71. The fraction of sp³-hybridized carbons (Fsp3) is 0.833. The Morgan fingerprint density at radius 1 is 1.47 bits per heavy atom. The number of carbonyl (C=O) groups is 2. The van der Waals surface area contributed by atoms with Gasteiger partial charge in [0.05, 0.1) is 0 Å². The van der Waals surface area contributed by atoms with Gasteiger partial charge in [-0.3, -0.25) is 9.59 Å². The highest BCUT2D eigenvalue weighted by molar-refractivity contribution is 5.82. The average molecular weight is 211 g/mol. The Morgan fingerprint density at radius 3 is 2.80 bits per heavy atom. The monoisotopic (exact) mass is 211 g/mol. The van der Waals surface area contributed by atoms with Gasteiger partial charge in [0, 0.05) is 24.8 Å². The second kappa shape index (κ2) is 5.89. The van der Waals surface area contributed by atoms with Gasteiger partial charge in [0.2, 0.25) is 5.91 Å². The second-order valence-corrected chi connectivity index (χ2v) is 4.67. The van der Waals surface area contributed by atoms with E-state index in [9.17, 15) is 9.59 Å². The van der Waals surface area contributed by atoms with Crippen LogP contribution in [0.5, 0.6) is 0 Å². The number of ketones is 1. The first-order valence-electron chi connectivity index (χ1n) is 5.91. The number of hydrogen-bond acceptors (Lipinski definition) is 2. The van der Waals surface area contributed by atoms with Crippen molar-refractivity contribution in [1.82, 2.24) is 5.32 Å². The number of rotatable bonds is 4. The van der Waals surface area contributed by atoms with Crippen LogP contribution in [0.4, 0.5) is 0 Å². The number of nitrogens with one attached hydrogen (secondary N) is 1. The molecule has 0 aromatic carbocycles. The van der Waals surface area contributed by atoms with Crippen LogP contribution in [0.15, 0.2) is 0 Å². The van der Waals surface area contributed by atoms with E-state index in [1.54, 1.807) is 0 Å². The molecule has 1 amide bonds. The van der Waals surface area contributed by atoms with Crippen LogP contribution >= 0.6 is 0 Å². The van der Waals surface area contributed by atoms with Crippen LogP contribution in [-0.2, 0) is 9.59 Å². The van der Waals surface area contributed by atoms with Crippen LogP contribution in [0.25, 0.3) is 0 Å². The predicted molar refractivity (Wildman–Crippen MR) is 59.5 cm³/mol.